The first-order valence-corrected chi connectivity index (χ1v) is 8.64. The molecule has 0 spiro atoms. The third-order valence-electron chi connectivity index (χ3n) is 3.34. The number of hydrogen-bond donors (Lipinski definition) is 0. The summed E-state index contributed by atoms with van der Waals surface area (Å²) in [6.07, 6.45) is 0. The van der Waals surface area contributed by atoms with E-state index in [1.165, 1.54) is 0 Å². The number of benzene rings is 2. The van der Waals surface area contributed by atoms with Gasteiger partial charge in [-0.2, -0.15) is 4.68 Å². The fourth-order valence-electron chi connectivity index (χ4n) is 2.21. The second kappa shape index (κ2) is 6.21. The fraction of sp³-hybridized carbons (Fsp3) is 0.133. The molecule has 0 amide bonds. The molecule has 0 bridgehead atoms. The minimum Gasteiger partial charge on any atom is -0.454 e. The molecule has 1 aromatic heterocycles. The van der Waals surface area contributed by atoms with Gasteiger partial charge in [-0.1, -0.05) is 45.9 Å². The molecule has 116 valence electrons. The van der Waals surface area contributed by atoms with E-state index in [1.54, 1.807) is 16.4 Å². The molecule has 6 nitrogen and oxygen atoms in total. The van der Waals surface area contributed by atoms with Crippen LogP contribution in [0.3, 0.4) is 0 Å². The second-order valence-electron chi connectivity index (χ2n) is 4.79. The number of nitrogens with zero attached hydrogens (tertiary/aromatic N) is 4. The van der Waals surface area contributed by atoms with Crippen molar-refractivity contribution in [2.45, 2.75) is 10.9 Å². The SMILES string of the molecule is Brc1cc2c(cc1CSc1nnnn1-c1ccccc1)OCO2. The summed E-state index contributed by atoms with van der Waals surface area (Å²) in [7, 11) is 0. The summed E-state index contributed by atoms with van der Waals surface area (Å²) in [5, 5.41) is 12.7. The van der Waals surface area contributed by atoms with E-state index < -0.39 is 0 Å². The average molecular weight is 391 g/mol. The first kappa shape index (κ1) is 14.5. The molecule has 2 aromatic carbocycles. The topological polar surface area (TPSA) is 62.1 Å². The number of ether oxygens (including phenoxy) is 2. The minimum absolute atomic E-state index is 0.268. The van der Waals surface area contributed by atoms with Gasteiger partial charge in [0.1, 0.15) is 0 Å². The van der Waals surface area contributed by atoms with Crippen molar-refractivity contribution < 1.29 is 9.47 Å². The van der Waals surface area contributed by atoms with Gasteiger partial charge in [0.15, 0.2) is 11.5 Å². The van der Waals surface area contributed by atoms with Crippen molar-refractivity contribution in [3.8, 4) is 17.2 Å². The second-order valence-corrected chi connectivity index (χ2v) is 6.59. The van der Waals surface area contributed by atoms with E-state index in [-0.39, 0.29) is 6.79 Å². The highest BCUT2D eigenvalue weighted by Gasteiger charge is 2.17. The van der Waals surface area contributed by atoms with Gasteiger partial charge >= 0.3 is 0 Å². The van der Waals surface area contributed by atoms with Crippen molar-refractivity contribution in [3.63, 3.8) is 0 Å². The summed E-state index contributed by atoms with van der Waals surface area (Å²) in [5.74, 6) is 2.25. The van der Waals surface area contributed by atoms with Crippen LogP contribution in [0.25, 0.3) is 5.69 Å². The molecule has 4 rings (SSSR count). The quantitative estimate of drug-likeness (QED) is 0.635. The van der Waals surface area contributed by atoms with Gasteiger partial charge in [0.05, 0.1) is 5.69 Å². The molecule has 0 unspecified atom stereocenters. The fourth-order valence-corrected chi connectivity index (χ4v) is 3.74. The predicted molar refractivity (Wildman–Crippen MR) is 89.0 cm³/mol. The van der Waals surface area contributed by atoms with Crippen LogP contribution in [-0.4, -0.2) is 27.0 Å². The molecule has 23 heavy (non-hydrogen) atoms. The van der Waals surface area contributed by atoms with Crippen LogP contribution in [-0.2, 0) is 5.75 Å². The van der Waals surface area contributed by atoms with E-state index in [9.17, 15) is 0 Å². The maximum absolute atomic E-state index is 5.43. The molecule has 1 aliphatic heterocycles. The van der Waals surface area contributed by atoms with Crippen molar-refractivity contribution in [1.29, 1.82) is 0 Å². The normalized spacial score (nSPS) is 12.6. The van der Waals surface area contributed by atoms with Crippen LogP contribution in [0.15, 0.2) is 52.1 Å². The highest BCUT2D eigenvalue weighted by molar-refractivity contribution is 9.10. The van der Waals surface area contributed by atoms with Crippen molar-refractivity contribution in [3.05, 3.63) is 52.5 Å². The standard InChI is InChI=1S/C15H11BrN4O2S/c16-12-7-14-13(21-9-22-14)6-10(12)8-23-15-17-18-19-20(15)11-4-2-1-3-5-11/h1-7H,8-9H2. The molecule has 2 heterocycles. The van der Waals surface area contributed by atoms with Crippen LogP contribution >= 0.6 is 27.7 Å². The molecular formula is C15H11BrN4O2S. The number of rotatable bonds is 4. The van der Waals surface area contributed by atoms with E-state index >= 15 is 0 Å². The maximum Gasteiger partial charge on any atom is 0.231 e. The van der Waals surface area contributed by atoms with Gasteiger partial charge in [-0.25, -0.2) is 0 Å². The Morgan fingerprint density at radius 2 is 1.91 bits per heavy atom. The molecule has 0 radical (unpaired) electrons. The number of hydrogen-bond acceptors (Lipinski definition) is 6. The van der Waals surface area contributed by atoms with E-state index in [0.717, 1.165) is 32.4 Å². The number of para-hydroxylation sites is 1. The van der Waals surface area contributed by atoms with Crippen LogP contribution in [0.1, 0.15) is 5.56 Å². The number of thioether (sulfide) groups is 1. The van der Waals surface area contributed by atoms with E-state index in [1.807, 2.05) is 42.5 Å². The van der Waals surface area contributed by atoms with Crippen molar-refractivity contribution >= 4 is 27.7 Å². The van der Waals surface area contributed by atoms with Crippen molar-refractivity contribution in [2.24, 2.45) is 0 Å². The van der Waals surface area contributed by atoms with Gasteiger partial charge in [-0.15, -0.1) is 5.10 Å². The maximum atomic E-state index is 5.43. The number of aromatic nitrogens is 4. The van der Waals surface area contributed by atoms with Gasteiger partial charge in [0.2, 0.25) is 11.9 Å². The molecule has 3 aromatic rings. The summed E-state index contributed by atoms with van der Waals surface area (Å²) >= 11 is 5.13. The van der Waals surface area contributed by atoms with E-state index in [2.05, 4.69) is 31.5 Å². The Balaban J connectivity index is 1.56. The van der Waals surface area contributed by atoms with Crippen LogP contribution in [0.5, 0.6) is 11.5 Å². The number of tetrazole rings is 1. The highest BCUT2D eigenvalue weighted by atomic mass is 79.9. The van der Waals surface area contributed by atoms with E-state index in [0.29, 0.717) is 5.75 Å². The molecule has 0 atom stereocenters. The van der Waals surface area contributed by atoms with Gasteiger partial charge in [0, 0.05) is 10.2 Å². The molecular weight excluding hydrogens is 380 g/mol. The Morgan fingerprint density at radius 3 is 2.74 bits per heavy atom. The van der Waals surface area contributed by atoms with Crippen LogP contribution in [0, 0.1) is 0 Å². The molecule has 0 saturated carbocycles. The Morgan fingerprint density at radius 1 is 1.13 bits per heavy atom. The molecule has 0 N–H and O–H groups in total. The number of halogens is 1. The van der Waals surface area contributed by atoms with Crippen molar-refractivity contribution in [2.75, 3.05) is 6.79 Å². The zero-order chi connectivity index (χ0) is 15.6. The Bertz CT molecular complexity index is 841. The number of fused-ring (bicyclic) bond motifs is 1. The van der Waals surface area contributed by atoms with E-state index in [4.69, 9.17) is 9.47 Å². The highest BCUT2D eigenvalue weighted by Crippen LogP contribution is 2.38. The molecule has 0 saturated heterocycles. The summed E-state index contributed by atoms with van der Waals surface area (Å²) in [6.45, 7) is 0.268. The zero-order valence-electron chi connectivity index (χ0n) is 11.8. The lowest BCUT2D eigenvalue weighted by atomic mass is 10.2. The molecule has 0 fully saturated rings. The summed E-state index contributed by atoms with van der Waals surface area (Å²) in [6, 6.07) is 13.7. The Kier molecular flexibility index (Phi) is 3.92. The zero-order valence-corrected chi connectivity index (χ0v) is 14.2. The van der Waals surface area contributed by atoms with Gasteiger partial charge in [-0.3, -0.25) is 0 Å². The van der Waals surface area contributed by atoms with Crippen LogP contribution in [0.4, 0.5) is 0 Å². The molecule has 8 heteroatoms. The predicted octanol–water partition coefficient (Wildman–Crippen LogP) is 3.45. The Hall–Kier alpha value is -2.06. The molecule has 0 aliphatic carbocycles. The van der Waals surface area contributed by atoms with Gasteiger partial charge in [-0.05, 0) is 40.3 Å². The van der Waals surface area contributed by atoms with Crippen molar-refractivity contribution in [1.82, 2.24) is 20.2 Å². The third kappa shape index (κ3) is 2.91. The van der Waals surface area contributed by atoms with Crippen LogP contribution < -0.4 is 9.47 Å². The van der Waals surface area contributed by atoms with Crippen LogP contribution in [0.2, 0.25) is 0 Å². The monoisotopic (exact) mass is 390 g/mol. The minimum atomic E-state index is 0.268. The lowest BCUT2D eigenvalue weighted by Gasteiger charge is -2.07. The smallest absolute Gasteiger partial charge is 0.231 e. The summed E-state index contributed by atoms with van der Waals surface area (Å²) in [5.41, 5.74) is 2.03. The third-order valence-corrected chi connectivity index (χ3v) is 5.05. The Labute approximate surface area is 144 Å². The largest absolute Gasteiger partial charge is 0.454 e. The average Bonchev–Trinajstić information content (AvgIpc) is 3.22. The van der Waals surface area contributed by atoms with Gasteiger partial charge in [0.25, 0.3) is 0 Å². The molecule has 1 aliphatic rings. The lowest BCUT2D eigenvalue weighted by molar-refractivity contribution is 0.174. The van der Waals surface area contributed by atoms with Gasteiger partial charge < -0.3 is 9.47 Å². The first-order valence-electron chi connectivity index (χ1n) is 6.86. The summed E-state index contributed by atoms with van der Waals surface area (Å²) in [4.78, 5) is 0. The first-order chi connectivity index (χ1) is 11.3. The summed E-state index contributed by atoms with van der Waals surface area (Å²) < 4.78 is 13.5. The lowest BCUT2D eigenvalue weighted by Crippen LogP contribution is -1.98.